The van der Waals surface area contributed by atoms with Gasteiger partial charge in [-0.05, 0) is 48.0 Å². The van der Waals surface area contributed by atoms with Gasteiger partial charge in [0.15, 0.2) is 29.1 Å². The molecular weight excluding hydrogens is 839 g/mol. The van der Waals surface area contributed by atoms with Gasteiger partial charge in [0.2, 0.25) is 5.28 Å². The van der Waals surface area contributed by atoms with Crippen molar-refractivity contribution in [2.24, 2.45) is 0 Å². The van der Waals surface area contributed by atoms with Gasteiger partial charge < -0.3 is 9.68 Å². The van der Waals surface area contributed by atoms with E-state index in [4.69, 9.17) is 26.6 Å². The second-order valence-corrected chi connectivity index (χ2v) is 13.4. The molecule has 0 saturated carbocycles. The minimum atomic E-state index is 0. The van der Waals surface area contributed by atoms with Crippen molar-refractivity contribution in [1.29, 1.82) is 0 Å². The number of aromatic nitrogens is 6. The zero-order chi connectivity index (χ0) is 37.5. The Morgan fingerprint density at radius 2 is 0.673 bits per heavy atom. The second-order valence-electron chi connectivity index (χ2n) is 11.2. The van der Waals surface area contributed by atoms with E-state index in [1.54, 1.807) is 12.1 Å². The quantitative estimate of drug-likeness (QED) is 0.158. The largest absolute Gasteiger partial charge is 0.569 e. The van der Waals surface area contributed by atoms with E-state index in [1.165, 1.54) is 0 Å². The number of nitrogens with zero attached hydrogens (tertiary/aromatic N) is 6. The zero-order valence-corrected chi connectivity index (χ0v) is 32.3. The SMILES string of the molecule is Brc1ccc(-c2nc(-c3ccccc3)nc(-c3ccccc3)n2)cc1.C.Clc1nc(-c2ccccc2)nc(-c2ccccc2)n1.O[B]Oc1ccc(Br)cc1. The number of hydrogen-bond acceptors (Lipinski definition) is 8. The molecule has 8 aromatic rings. The Hall–Kier alpha value is -5.59. The fraction of sp³-hybridized carbons (Fsp3) is 0.0233. The summed E-state index contributed by atoms with van der Waals surface area (Å²) in [7, 11) is 0.656. The molecule has 8 nitrogen and oxygen atoms in total. The van der Waals surface area contributed by atoms with E-state index in [9.17, 15) is 0 Å². The van der Waals surface area contributed by atoms with E-state index in [2.05, 4.69) is 56.5 Å². The van der Waals surface area contributed by atoms with Crippen LogP contribution in [-0.4, -0.2) is 42.6 Å². The maximum absolute atomic E-state index is 8.23. The van der Waals surface area contributed by atoms with E-state index >= 15 is 0 Å². The monoisotopic (exact) mass is 869 g/mol. The summed E-state index contributed by atoms with van der Waals surface area (Å²) in [5.41, 5.74) is 4.74. The van der Waals surface area contributed by atoms with Gasteiger partial charge in [-0.25, -0.2) is 19.9 Å². The summed E-state index contributed by atoms with van der Waals surface area (Å²) >= 11 is 12.7. The zero-order valence-electron chi connectivity index (χ0n) is 28.4. The normalized spacial score (nSPS) is 10.0. The first-order chi connectivity index (χ1) is 26.4. The minimum absolute atomic E-state index is 0. The van der Waals surface area contributed by atoms with Gasteiger partial charge in [0.1, 0.15) is 5.75 Å². The summed E-state index contributed by atoms with van der Waals surface area (Å²) in [6, 6.07) is 54.5. The number of rotatable bonds is 7. The molecule has 0 aliphatic rings. The van der Waals surface area contributed by atoms with Crippen LogP contribution >= 0.6 is 43.5 Å². The molecule has 0 atom stereocenters. The molecule has 55 heavy (non-hydrogen) atoms. The molecule has 1 radical (unpaired) electrons. The van der Waals surface area contributed by atoms with Gasteiger partial charge in [0.25, 0.3) is 0 Å². The smallest absolute Gasteiger partial charge is 0.537 e. The van der Waals surface area contributed by atoms with Crippen LogP contribution in [0.1, 0.15) is 7.43 Å². The summed E-state index contributed by atoms with van der Waals surface area (Å²) in [5.74, 6) is 3.80. The summed E-state index contributed by atoms with van der Waals surface area (Å²) in [6.45, 7) is 0. The van der Waals surface area contributed by atoms with Crippen molar-refractivity contribution in [3.05, 3.63) is 184 Å². The molecule has 0 spiro atoms. The lowest BCUT2D eigenvalue weighted by Gasteiger charge is -2.08. The van der Waals surface area contributed by atoms with Crippen LogP contribution < -0.4 is 4.65 Å². The molecule has 0 bridgehead atoms. The Kier molecular flexibility index (Phi) is 15.3. The first-order valence-corrected chi connectivity index (χ1v) is 18.4. The third-order valence-electron chi connectivity index (χ3n) is 7.48. The Morgan fingerprint density at radius 1 is 0.400 bits per heavy atom. The van der Waals surface area contributed by atoms with E-state index < -0.39 is 0 Å². The molecule has 0 aliphatic heterocycles. The molecule has 8 rings (SSSR count). The van der Waals surface area contributed by atoms with Crippen LogP contribution in [0.2, 0.25) is 5.28 Å². The first-order valence-electron chi connectivity index (χ1n) is 16.5. The van der Waals surface area contributed by atoms with Crippen molar-refractivity contribution in [1.82, 2.24) is 29.9 Å². The number of halogens is 3. The van der Waals surface area contributed by atoms with E-state index in [0.717, 1.165) is 36.8 Å². The topological polar surface area (TPSA) is 107 Å². The van der Waals surface area contributed by atoms with Crippen LogP contribution in [0.25, 0.3) is 56.9 Å². The maximum atomic E-state index is 8.23. The highest BCUT2D eigenvalue weighted by Gasteiger charge is 2.12. The third-order valence-corrected chi connectivity index (χ3v) is 8.70. The standard InChI is InChI=1S/C21H14BrN3.C15H10ClN3.C6H5BBrO2.CH4/c22-18-13-11-17(12-14-18)21-24-19(15-7-3-1-4-8-15)23-20(25-21)16-9-5-2-6-10-16;16-15-18-13(11-7-3-1-4-8-11)17-14(19-15)12-9-5-2-6-10-12;8-5-1-3-6(4-2-5)10-7-9;/h1-14H;1-10H;1-4,9H;1H4. The lowest BCUT2D eigenvalue weighted by atomic mass is 10.1. The van der Waals surface area contributed by atoms with E-state index in [-0.39, 0.29) is 12.7 Å². The van der Waals surface area contributed by atoms with Gasteiger partial charge in [-0.3, -0.25) is 0 Å². The maximum Gasteiger partial charge on any atom is 0.569 e. The third kappa shape index (κ3) is 12.0. The van der Waals surface area contributed by atoms with Gasteiger partial charge in [-0.2, -0.15) is 9.97 Å². The van der Waals surface area contributed by atoms with Crippen LogP contribution in [0.15, 0.2) is 179 Å². The average molecular weight is 872 g/mol. The van der Waals surface area contributed by atoms with Crippen LogP contribution in [0.3, 0.4) is 0 Å². The van der Waals surface area contributed by atoms with Crippen molar-refractivity contribution in [3.63, 3.8) is 0 Å². The van der Waals surface area contributed by atoms with Crippen molar-refractivity contribution in [2.45, 2.75) is 7.43 Å². The van der Waals surface area contributed by atoms with Crippen molar-refractivity contribution in [2.75, 3.05) is 0 Å². The molecule has 0 amide bonds. The first kappa shape index (κ1) is 40.6. The molecule has 2 aromatic heterocycles. The van der Waals surface area contributed by atoms with E-state index in [0.29, 0.717) is 42.6 Å². The Bertz CT molecular complexity index is 2250. The molecular formula is C43H33BBr2ClN6O2. The highest BCUT2D eigenvalue weighted by molar-refractivity contribution is 9.10. The van der Waals surface area contributed by atoms with Gasteiger partial charge in [-0.15, -0.1) is 0 Å². The van der Waals surface area contributed by atoms with Crippen LogP contribution in [0, 0.1) is 0 Å². The summed E-state index contributed by atoms with van der Waals surface area (Å²) < 4.78 is 6.68. The summed E-state index contributed by atoms with van der Waals surface area (Å²) in [5, 5.41) is 8.43. The van der Waals surface area contributed by atoms with Crippen LogP contribution in [0.5, 0.6) is 5.75 Å². The van der Waals surface area contributed by atoms with Gasteiger partial charge in [-0.1, -0.05) is 173 Å². The number of hydrogen-bond donors (Lipinski definition) is 1. The predicted octanol–water partition coefficient (Wildman–Crippen LogP) is 11.5. The fourth-order valence-electron chi connectivity index (χ4n) is 4.89. The fourth-order valence-corrected chi connectivity index (χ4v) is 5.58. The van der Waals surface area contributed by atoms with Gasteiger partial charge in [0, 0.05) is 36.8 Å². The lowest BCUT2D eigenvalue weighted by molar-refractivity contribution is 0.454. The molecule has 0 aliphatic carbocycles. The molecule has 0 fully saturated rings. The highest BCUT2D eigenvalue weighted by Crippen LogP contribution is 2.26. The van der Waals surface area contributed by atoms with Crippen LogP contribution in [0.4, 0.5) is 0 Å². The second kappa shape index (κ2) is 20.8. The lowest BCUT2D eigenvalue weighted by Crippen LogP contribution is -1.99. The van der Waals surface area contributed by atoms with Crippen molar-refractivity contribution in [3.8, 4) is 62.7 Å². The molecule has 2 heterocycles. The molecule has 12 heteroatoms. The molecule has 0 unspecified atom stereocenters. The Morgan fingerprint density at radius 3 is 0.982 bits per heavy atom. The van der Waals surface area contributed by atoms with Gasteiger partial charge in [0.05, 0.1) is 0 Å². The van der Waals surface area contributed by atoms with E-state index in [1.807, 2.05) is 158 Å². The highest BCUT2D eigenvalue weighted by atomic mass is 79.9. The molecule has 271 valence electrons. The van der Waals surface area contributed by atoms with Crippen molar-refractivity contribution < 1.29 is 9.68 Å². The number of benzene rings is 6. The predicted molar refractivity (Wildman–Crippen MR) is 229 cm³/mol. The molecule has 6 aromatic carbocycles. The summed E-state index contributed by atoms with van der Waals surface area (Å²) in [4.78, 5) is 26.9. The minimum Gasteiger partial charge on any atom is -0.537 e. The Labute approximate surface area is 343 Å². The summed E-state index contributed by atoms with van der Waals surface area (Å²) in [6.07, 6.45) is 0. The molecule has 1 N–H and O–H groups in total. The van der Waals surface area contributed by atoms with Crippen molar-refractivity contribution >= 4 is 51.1 Å². The average Bonchev–Trinajstić information content (AvgIpc) is 3.23. The Balaban J connectivity index is 0.000000171. The van der Waals surface area contributed by atoms with Gasteiger partial charge >= 0.3 is 7.69 Å². The molecule has 0 saturated heterocycles. The van der Waals surface area contributed by atoms with Crippen LogP contribution in [-0.2, 0) is 0 Å².